The Morgan fingerprint density at radius 2 is 2.11 bits per heavy atom. The van der Waals surface area contributed by atoms with Gasteiger partial charge < -0.3 is 4.74 Å². The van der Waals surface area contributed by atoms with Crippen LogP contribution in [0.2, 0.25) is 0 Å². The lowest BCUT2D eigenvalue weighted by Crippen LogP contribution is -2.06. The summed E-state index contributed by atoms with van der Waals surface area (Å²) in [6, 6.07) is 5.80. The molecule has 2 rings (SSSR count). The molecular weight excluding hydrogens is 269 g/mol. The second kappa shape index (κ2) is 5.27. The Bertz CT molecular complexity index is 651. The maximum atomic E-state index is 13.2. The van der Waals surface area contributed by atoms with Gasteiger partial charge in [0, 0.05) is 12.5 Å². The standard InChI is InChI=1S/C13H10FNO3S/c1-7(16)11-10(13(17)18-2)15-12(19-11)8-4-3-5-9(14)6-8/h3-6H,1-2H3. The molecule has 6 heteroatoms. The van der Waals surface area contributed by atoms with Gasteiger partial charge in [-0.2, -0.15) is 0 Å². The van der Waals surface area contributed by atoms with Crippen molar-refractivity contribution in [2.24, 2.45) is 0 Å². The number of ether oxygens (including phenoxy) is 1. The van der Waals surface area contributed by atoms with E-state index >= 15 is 0 Å². The third-order valence-electron chi connectivity index (χ3n) is 2.40. The van der Waals surface area contributed by atoms with Gasteiger partial charge in [-0.05, 0) is 12.1 Å². The third kappa shape index (κ3) is 2.68. The van der Waals surface area contributed by atoms with Gasteiger partial charge in [0.15, 0.2) is 11.5 Å². The van der Waals surface area contributed by atoms with Gasteiger partial charge in [0.25, 0.3) is 0 Å². The number of nitrogens with zero attached hydrogens (tertiary/aromatic N) is 1. The van der Waals surface area contributed by atoms with Crippen molar-refractivity contribution in [3.8, 4) is 10.6 Å². The molecule has 0 aliphatic heterocycles. The fraction of sp³-hybridized carbons (Fsp3) is 0.154. The first-order chi connectivity index (χ1) is 9.02. The molecule has 0 saturated carbocycles. The normalized spacial score (nSPS) is 10.3. The summed E-state index contributed by atoms with van der Waals surface area (Å²) < 4.78 is 17.7. The smallest absolute Gasteiger partial charge is 0.358 e. The highest BCUT2D eigenvalue weighted by atomic mass is 32.1. The third-order valence-corrected chi connectivity index (χ3v) is 3.60. The predicted molar refractivity (Wildman–Crippen MR) is 68.9 cm³/mol. The molecule has 0 atom stereocenters. The number of halogens is 1. The minimum atomic E-state index is -0.677. The van der Waals surface area contributed by atoms with Gasteiger partial charge in [-0.1, -0.05) is 12.1 Å². The number of carbonyl (C=O) groups is 2. The van der Waals surface area contributed by atoms with Crippen LogP contribution in [0.1, 0.15) is 27.1 Å². The molecule has 0 fully saturated rings. The van der Waals surface area contributed by atoms with E-state index in [9.17, 15) is 14.0 Å². The number of benzene rings is 1. The van der Waals surface area contributed by atoms with Crippen molar-refractivity contribution in [3.63, 3.8) is 0 Å². The van der Waals surface area contributed by atoms with E-state index < -0.39 is 11.8 Å². The van der Waals surface area contributed by atoms with E-state index in [1.54, 1.807) is 6.07 Å². The van der Waals surface area contributed by atoms with Crippen molar-refractivity contribution in [2.45, 2.75) is 6.92 Å². The van der Waals surface area contributed by atoms with E-state index in [4.69, 9.17) is 0 Å². The quantitative estimate of drug-likeness (QED) is 0.640. The zero-order valence-electron chi connectivity index (χ0n) is 10.3. The number of aromatic nitrogens is 1. The molecule has 2 aromatic rings. The van der Waals surface area contributed by atoms with E-state index in [1.807, 2.05) is 0 Å². The lowest BCUT2D eigenvalue weighted by Gasteiger charge is -1.96. The summed E-state index contributed by atoms with van der Waals surface area (Å²) >= 11 is 1.04. The molecule has 0 unspecified atom stereocenters. The summed E-state index contributed by atoms with van der Waals surface area (Å²) in [4.78, 5) is 27.3. The average molecular weight is 279 g/mol. The Labute approximate surface area is 112 Å². The first-order valence-electron chi connectivity index (χ1n) is 5.39. The fourth-order valence-electron chi connectivity index (χ4n) is 1.54. The van der Waals surface area contributed by atoms with Crippen LogP contribution in [-0.4, -0.2) is 23.8 Å². The molecule has 19 heavy (non-hydrogen) atoms. The molecule has 0 N–H and O–H groups in total. The van der Waals surface area contributed by atoms with Gasteiger partial charge in [-0.15, -0.1) is 11.3 Å². The molecule has 0 spiro atoms. The SMILES string of the molecule is COC(=O)c1nc(-c2cccc(F)c2)sc1C(C)=O. The van der Waals surface area contributed by atoms with Crippen molar-refractivity contribution >= 4 is 23.1 Å². The molecule has 1 heterocycles. The monoisotopic (exact) mass is 279 g/mol. The number of methoxy groups -OCH3 is 1. The minimum absolute atomic E-state index is 0.0285. The van der Waals surface area contributed by atoms with Crippen LogP contribution in [0.25, 0.3) is 10.6 Å². The van der Waals surface area contributed by atoms with Crippen LogP contribution in [-0.2, 0) is 4.74 Å². The Morgan fingerprint density at radius 1 is 1.37 bits per heavy atom. The van der Waals surface area contributed by atoms with Gasteiger partial charge in [0.1, 0.15) is 15.7 Å². The molecule has 0 bridgehead atoms. The molecule has 0 saturated heterocycles. The average Bonchev–Trinajstić information content (AvgIpc) is 2.83. The Kier molecular flexibility index (Phi) is 3.71. The Hall–Kier alpha value is -2.08. The molecule has 0 amide bonds. The number of carbonyl (C=O) groups excluding carboxylic acids is 2. The Morgan fingerprint density at radius 3 is 2.68 bits per heavy atom. The molecule has 1 aromatic carbocycles. The van der Waals surface area contributed by atoms with Crippen molar-refractivity contribution < 1.29 is 18.7 Å². The van der Waals surface area contributed by atoms with E-state index in [0.717, 1.165) is 11.3 Å². The van der Waals surface area contributed by atoms with Crippen LogP contribution >= 0.6 is 11.3 Å². The molecular formula is C13H10FNO3S. The molecule has 0 aliphatic rings. The van der Waals surface area contributed by atoms with Crippen molar-refractivity contribution in [1.29, 1.82) is 0 Å². The van der Waals surface area contributed by atoms with E-state index in [0.29, 0.717) is 10.6 Å². The zero-order chi connectivity index (χ0) is 14.0. The Balaban J connectivity index is 2.54. The maximum Gasteiger partial charge on any atom is 0.358 e. The van der Waals surface area contributed by atoms with Crippen LogP contribution in [0, 0.1) is 5.82 Å². The molecule has 4 nitrogen and oxygen atoms in total. The highest BCUT2D eigenvalue weighted by Crippen LogP contribution is 2.29. The summed E-state index contributed by atoms with van der Waals surface area (Å²) in [7, 11) is 1.22. The topological polar surface area (TPSA) is 56.3 Å². The highest BCUT2D eigenvalue weighted by Gasteiger charge is 2.22. The van der Waals surface area contributed by atoms with E-state index in [-0.39, 0.29) is 16.4 Å². The largest absolute Gasteiger partial charge is 0.464 e. The summed E-state index contributed by atoms with van der Waals surface area (Å²) in [5, 5.41) is 0.408. The number of Topliss-reactive ketones (excluding diaryl/α,β-unsaturated/α-hetero) is 1. The molecule has 1 aromatic heterocycles. The lowest BCUT2D eigenvalue weighted by molar-refractivity contribution is 0.0591. The predicted octanol–water partition coefficient (Wildman–Crippen LogP) is 2.94. The van der Waals surface area contributed by atoms with Gasteiger partial charge in [0.2, 0.25) is 0 Å². The van der Waals surface area contributed by atoms with Gasteiger partial charge in [-0.25, -0.2) is 14.2 Å². The van der Waals surface area contributed by atoms with Crippen LogP contribution in [0.15, 0.2) is 24.3 Å². The van der Waals surface area contributed by atoms with Crippen LogP contribution in [0.3, 0.4) is 0 Å². The second-order valence-corrected chi connectivity index (χ2v) is 4.75. The van der Waals surface area contributed by atoms with Crippen LogP contribution in [0.5, 0.6) is 0 Å². The lowest BCUT2D eigenvalue weighted by atomic mass is 10.2. The molecule has 0 aliphatic carbocycles. The summed E-state index contributed by atoms with van der Waals surface area (Å²) in [5.41, 5.74) is 0.488. The summed E-state index contributed by atoms with van der Waals surface area (Å²) in [6.07, 6.45) is 0. The van der Waals surface area contributed by atoms with Gasteiger partial charge in [-0.3, -0.25) is 4.79 Å². The number of hydrogen-bond acceptors (Lipinski definition) is 5. The maximum absolute atomic E-state index is 13.2. The number of thiazole rings is 1. The molecule has 98 valence electrons. The van der Waals surface area contributed by atoms with Gasteiger partial charge >= 0.3 is 5.97 Å². The van der Waals surface area contributed by atoms with E-state index in [1.165, 1.54) is 32.2 Å². The second-order valence-electron chi connectivity index (χ2n) is 3.75. The number of hydrogen-bond donors (Lipinski definition) is 0. The minimum Gasteiger partial charge on any atom is -0.464 e. The number of rotatable bonds is 3. The van der Waals surface area contributed by atoms with Gasteiger partial charge in [0.05, 0.1) is 7.11 Å². The van der Waals surface area contributed by atoms with Crippen molar-refractivity contribution in [3.05, 3.63) is 40.7 Å². The molecule has 0 radical (unpaired) electrons. The fourth-order valence-corrected chi connectivity index (χ4v) is 2.48. The van der Waals surface area contributed by atoms with E-state index in [2.05, 4.69) is 9.72 Å². The highest BCUT2D eigenvalue weighted by molar-refractivity contribution is 7.17. The summed E-state index contributed by atoms with van der Waals surface area (Å²) in [6.45, 7) is 1.34. The first kappa shape index (κ1) is 13.4. The van der Waals surface area contributed by atoms with Crippen LogP contribution in [0.4, 0.5) is 4.39 Å². The van der Waals surface area contributed by atoms with Crippen molar-refractivity contribution in [1.82, 2.24) is 4.98 Å². The number of ketones is 1. The zero-order valence-corrected chi connectivity index (χ0v) is 11.1. The first-order valence-corrected chi connectivity index (χ1v) is 6.20. The van der Waals surface area contributed by atoms with Crippen molar-refractivity contribution in [2.75, 3.05) is 7.11 Å². The summed E-state index contributed by atoms with van der Waals surface area (Å²) in [5.74, 6) is -1.36. The van der Waals surface area contributed by atoms with Crippen LogP contribution < -0.4 is 0 Å². The number of esters is 1.